The average Bonchev–Trinajstić information content (AvgIpc) is 2.29. The lowest BCUT2D eigenvalue weighted by Crippen LogP contribution is -2.09. The number of rotatable bonds is 3. The molecule has 2 heteroatoms. The van der Waals surface area contributed by atoms with E-state index in [1.165, 1.54) is 14.3 Å². The third-order valence-corrected chi connectivity index (χ3v) is 3.36. The molecule has 0 bridgehead atoms. The zero-order chi connectivity index (χ0) is 11.5. The van der Waals surface area contributed by atoms with E-state index < -0.39 is 0 Å². The maximum Gasteiger partial charge on any atom is 0.120 e. The van der Waals surface area contributed by atoms with Crippen molar-refractivity contribution >= 4 is 33.4 Å². The van der Waals surface area contributed by atoms with E-state index in [0.717, 1.165) is 12.2 Å². The minimum atomic E-state index is 0.279. The van der Waals surface area contributed by atoms with E-state index in [1.54, 1.807) is 0 Å². The van der Waals surface area contributed by atoms with Crippen molar-refractivity contribution in [2.45, 2.75) is 26.4 Å². The van der Waals surface area contributed by atoms with Crippen molar-refractivity contribution in [3.8, 4) is 5.75 Å². The van der Waals surface area contributed by atoms with Crippen LogP contribution in [-0.2, 0) is 0 Å². The van der Waals surface area contributed by atoms with E-state index in [9.17, 15) is 0 Å². The molecule has 0 N–H and O–H groups in total. The molecule has 0 amide bonds. The highest BCUT2D eigenvalue weighted by Crippen LogP contribution is 2.23. The lowest BCUT2D eigenvalue weighted by Gasteiger charge is -2.13. The topological polar surface area (TPSA) is 9.23 Å². The Morgan fingerprint density at radius 2 is 1.81 bits per heavy atom. The summed E-state index contributed by atoms with van der Waals surface area (Å²) in [7, 11) is 0. The predicted octanol–water partition coefficient (Wildman–Crippen LogP) is 4.62. The van der Waals surface area contributed by atoms with Gasteiger partial charge in [-0.2, -0.15) is 0 Å². The van der Waals surface area contributed by atoms with E-state index in [4.69, 9.17) is 4.74 Å². The molecule has 2 rings (SSSR count). The zero-order valence-electron chi connectivity index (χ0n) is 9.53. The second kappa shape index (κ2) is 5.04. The van der Waals surface area contributed by atoms with E-state index in [2.05, 4.69) is 66.8 Å². The van der Waals surface area contributed by atoms with Crippen LogP contribution < -0.4 is 4.74 Å². The molecule has 1 unspecified atom stereocenters. The Morgan fingerprint density at radius 3 is 2.56 bits per heavy atom. The van der Waals surface area contributed by atoms with Crippen LogP contribution in [0.3, 0.4) is 0 Å². The van der Waals surface area contributed by atoms with E-state index in [1.807, 2.05) is 6.07 Å². The van der Waals surface area contributed by atoms with Gasteiger partial charge in [-0.25, -0.2) is 0 Å². The minimum absolute atomic E-state index is 0.279. The number of benzene rings is 2. The van der Waals surface area contributed by atoms with Gasteiger partial charge in [-0.15, -0.1) is 0 Å². The van der Waals surface area contributed by atoms with Crippen LogP contribution in [0, 0.1) is 3.57 Å². The summed E-state index contributed by atoms with van der Waals surface area (Å²) < 4.78 is 7.06. The highest BCUT2D eigenvalue weighted by molar-refractivity contribution is 14.1. The lowest BCUT2D eigenvalue weighted by molar-refractivity contribution is 0.218. The van der Waals surface area contributed by atoms with E-state index in [0.29, 0.717) is 0 Å². The van der Waals surface area contributed by atoms with Gasteiger partial charge in [0.05, 0.1) is 6.10 Å². The highest BCUT2D eigenvalue weighted by Gasteiger charge is 2.02. The number of fused-ring (bicyclic) bond motifs is 1. The fourth-order valence-corrected chi connectivity index (χ4v) is 2.10. The highest BCUT2D eigenvalue weighted by atomic mass is 127. The Hall–Kier alpha value is -0.770. The molecule has 84 valence electrons. The first-order valence-electron chi connectivity index (χ1n) is 5.55. The Morgan fingerprint density at radius 1 is 1.12 bits per heavy atom. The maximum absolute atomic E-state index is 5.80. The summed E-state index contributed by atoms with van der Waals surface area (Å²) >= 11 is 2.33. The Balaban J connectivity index is 2.33. The van der Waals surface area contributed by atoms with Gasteiger partial charge in [0, 0.05) is 3.57 Å². The molecule has 0 heterocycles. The molecule has 2 aromatic carbocycles. The molecule has 0 aliphatic heterocycles. The molecule has 1 atom stereocenters. The summed E-state index contributed by atoms with van der Waals surface area (Å²) in [6, 6.07) is 12.7. The number of ether oxygens (including phenoxy) is 1. The summed E-state index contributed by atoms with van der Waals surface area (Å²) in [5.74, 6) is 0.961. The van der Waals surface area contributed by atoms with E-state index in [-0.39, 0.29) is 6.10 Å². The third-order valence-electron chi connectivity index (χ3n) is 2.69. The van der Waals surface area contributed by atoms with E-state index >= 15 is 0 Å². The Bertz CT molecular complexity index is 493. The smallest absolute Gasteiger partial charge is 0.120 e. The van der Waals surface area contributed by atoms with Crippen molar-refractivity contribution in [2.24, 2.45) is 0 Å². The molecule has 16 heavy (non-hydrogen) atoms. The fraction of sp³-hybridized carbons (Fsp3) is 0.286. The first-order chi connectivity index (χ1) is 7.69. The molecule has 0 aliphatic carbocycles. The van der Waals surface area contributed by atoms with Crippen LogP contribution in [0.2, 0.25) is 0 Å². The lowest BCUT2D eigenvalue weighted by atomic mass is 10.1. The van der Waals surface area contributed by atoms with Gasteiger partial charge in [0.1, 0.15) is 5.75 Å². The summed E-state index contributed by atoms with van der Waals surface area (Å²) in [4.78, 5) is 0. The normalized spacial score (nSPS) is 12.7. The first-order valence-corrected chi connectivity index (χ1v) is 6.63. The van der Waals surface area contributed by atoms with Crippen molar-refractivity contribution in [1.82, 2.24) is 0 Å². The standard InChI is InChI=1S/C14H15IO/c1-3-10(2)16-14-7-5-11-8-13(15)6-4-12(11)9-14/h4-10H,3H2,1-2H3. The number of hydrogen-bond acceptors (Lipinski definition) is 1. The summed E-state index contributed by atoms with van der Waals surface area (Å²) in [6.07, 6.45) is 1.31. The quantitative estimate of drug-likeness (QED) is 0.748. The van der Waals surface area contributed by atoms with Crippen LogP contribution in [0.5, 0.6) is 5.75 Å². The van der Waals surface area contributed by atoms with Gasteiger partial charge in [-0.05, 0) is 71.0 Å². The fourth-order valence-electron chi connectivity index (χ4n) is 1.58. The van der Waals surface area contributed by atoms with Gasteiger partial charge in [0.25, 0.3) is 0 Å². The number of halogens is 1. The van der Waals surface area contributed by atoms with Crippen LogP contribution in [-0.4, -0.2) is 6.10 Å². The predicted molar refractivity (Wildman–Crippen MR) is 77.0 cm³/mol. The molecule has 0 saturated heterocycles. The Labute approximate surface area is 110 Å². The maximum atomic E-state index is 5.80. The van der Waals surface area contributed by atoms with Crippen LogP contribution in [0.4, 0.5) is 0 Å². The molecular formula is C14H15IO. The molecule has 0 saturated carbocycles. The van der Waals surface area contributed by atoms with Crippen molar-refractivity contribution in [3.05, 3.63) is 40.0 Å². The monoisotopic (exact) mass is 326 g/mol. The Kier molecular flexibility index (Phi) is 3.69. The molecule has 1 nitrogen and oxygen atoms in total. The SMILES string of the molecule is CCC(C)Oc1ccc2cc(I)ccc2c1. The minimum Gasteiger partial charge on any atom is -0.491 e. The van der Waals surface area contributed by atoms with Crippen LogP contribution in [0.1, 0.15) is 20.3 Å². The third kappa shape index (κ3) is 2.67. The van der Waals surface area contributed by atoms with Gasteiger partial charge in [0.2, 0.25) is 0 Å². The molecule has 0 fully saturated rings. The largest absolute Gasteiger partial charge is 0.491 e. The van der Waals surface area contributed by atoms with Crippen LogP contribution in [0.25, 0.3) is 10.8 Å². The molecular weight excluding hydrogens is 311 g/mol. The van der Waals surface area contributed by atoms with Gasteiger partial charge < -0.3 is 4.74 Å². The van der Waals surface area contributed by atoms with Gasteiger partial charge in [-0.3, -0.25) is 0 Å². The second-order valence-corrected chi connectivity index (χ2v) is 5.24. The summed E-state index contributed by atoms with van der Waals surface area (Å²) in [5.41, 5.74) is 0. The van der Waals surface area contributed by atoms with Crippen molar-refractivity contribution in [3.63, 3.8) is 0 Å². The average molecular weight is 326 g/mol. The van der Waals surface area contributed by atoms with Crippen molar-refractivity contribution < 1.29 is 4.74 Å². The molecule has 0 radical (unpaired) electrons. The molecule has 0 aromatic heterocycles. The van der Waals surface area contributed by atoms with Gasteiger partial charge in [-0.1, -0.05) is 19.1 Å². The van der Waals surface area contributed by atoms with Crippen LogP contribution in [0.15, 0.2) is 36.4 Å². The first kappa shape index (κ1) is 11.7. The van der Waals surface area contributed by atoms with Crippen LogP contribution >= 0.6 is 22.6 Å². The molecule has 2 aromatic rings. The zero-order valence-corrected chi connectivity index (χ0v) is 11.7. The summed E-state index contributed by atoms with van der Waals surface area (Å²) in [6.45, 7) is 4.23. The van der Waals surface area contributed by atoms with Gasteiger partial charge >= 0.3 is 0 Å². The second-order valence-electron chi connectivity index (χ2n) is 3.99. The molecule has 0 spiro atoms. The molecule has 0 aliphatic rings. The van der Waals surface area contributed by atoms with Gasteiger partial charge in [0.15, 0.2) is 0 Å². The summed E-state index contributed by atoms with van der Waals surface area (Å²) in [5, 5.41) is 2.50. The van der Waals surface area contributed by atoms with Crippen molar-refractivity contribution in [1.29, 1.82) is 0 Å². The van der Waals surface area contributed by atoms with Crippen molar-refractivity contribution in [2.75, 3.05) is 0 Å². The number of hydrogen-bond donors (Lipinski definition) is 0.